The standard InChI is InChI=1S/C26H42N3O9P/c1-5-11-20(30)12-9-7-6-8-10-15-27-23(31)14-13-19-17-29(26(33)28-25(19)32)24-16-21(22(37-24)18-35-2)38-39(4,34)36-3/h13-14,17,21-22,24H,5-12,15-16,18H2,1-4H3,(H,27,31)(H,28,32,33)/b14-13+/t21?,22-,24-,39?/m1/s1. The molecule has 0 spiro atoms. The zero-order chi connectivity index (χ0) is 28.8. The molecule has 0 aliphatic carbocycles. The van der Waals surface area contributed by atoms with Crippen LogP contribution in [-0.2, 0) is 32.7 Å². The van der Waals surface area contributed by atoms with Crippen LogP contribution < -0.4 is 16.6 Å². The number of ketones is 1. The smallest absolute Gasteiger partial charge is 0.330 e. The second-order valence-electron chi connectivity index (χ2n) is 9.60. The van der Waals surface area contributed by atoms with Gasteiger partial charge in [-0.15, -0.1) is 0 Å². The number of unbranched alkanes of at least 4 members (excludes halogenated alkanes) is 4. The van der Waals surface area contributed by atoms with Crippen LogP contribution in [-0.4, -0.2) is 67.5 Å². The lowest BCUT2D eigenvalue weighted by molar-refractivity contribution is -0.119. The van der Waals surface area contributed by atoms with Crippen molar-refractivity contribution in [2.45, 2.75) is 83.1 Å². The van der Waals surface area contributed by atoms with E-state index in [-0.39, 0.29) is 24.5 Å². The van der Waals surface area contributed by atoms with Crippen LogP contribution in [0.1, 0.15) is 76.5 Å². The molecule has 1 saturated heterocycles. The van der Waals surface area contributed by atoms with Crippen molar-refractivity contribution in [2.75, 3.05) is 34.0 Å². The van der Waals surface area contributed by atoms with Crippen LogP contribution in [0.5, 0.6) is 0 Å². The SMILES string of the molecule is CCCC(=O)CCCCCCCNC(=O)/C=C/c1cn([C@H]2CC(OP(C)(=O)OC)[C@@H](COC)O2)c(=O)[nH]c1=O. The molecule has 2 N–H and O–H groups in total. The van der Waals surface area contributed by atoms with Gasteiger partial charge in [-0.25, -0.2) is 4.79 Å². The average Bonchev–Trinajstić information content (AvgIpc) is 3.26. The van der Waals surface area contributed by atoms with Gasteiger partial charge in [0.25, 0.3) is 5.56 Å². The molecule has 1 aliphatic rings. The third-order valence-corrected chi connectivity index (χ3v) is 7.67. The molecule has 1 amide bonds. The van der Waals surface area contributed by atoms with Crippen molar-refractivity contribution in [1.29, 1.82) is 0 Å². The Morgan fingerprint density at radius 2 is 1.90 bits per heavy atom. The summed E-state index contributed by atoms with van der Waals surface area (Å²) in [6, 6.07) is 0. The highest BCUT2D eigenvalue weighted by Gasteiger charge is 2.40. The number of ether oxygens (including phenoxy) is 2. The summed E-state index contributed by atoms with van der Waals surface area (Å²) in [7, 11) is -0.567. The summed E-state index contributed by atoms with van der Waals surface area (Å²) in [4.78, 5) is 50.8. The predicted octanol–water partition coefficient (Wildman–Crippen LogP) is 3.16. The lowest BCUT2D eigenvalue weighted by Gasteiger charge is -2.20. The fourth-order valence-electron chi connectivity index (χ4n) is 4.24. The van der Waals surface area contributed by atoms with E-state index in [1.165, 1.54) is 43.8 Å². The van der Waals surface area contributed by atoms with Gasteiger partial charge in [0.05, 0.1) is 18.3 Å². The zero-order valence-electron chi connectivity index (χ0n) is 23.3. The number of aromatic nitrogens is 2. The lowest BCUT2D eigenvalue weighted by atomic mass is 10.1. The van der Waals surface area contributed by atoms with Gasteiger partial charge < -0.3 is 23.8 Å². The monoisotopic (exact) mass is 571 g/mol. The maximum atomic E-state index is 12.5. The number of hydrogen-bond donors (Lipinski definition) is 2. The topological polar surface area (TPSA) is 155 Å². The fraction of sp³-hybridized carbons (Fsp3) is 0.692. The van der Waals surface area contributed by atoms with E-state index in [9.17, 15) is 23.7 Å². The highest BCUT2D eigenvalue weighted by atomic mass is 31.2. The molecular weight excluding hydrogens is 529 g/mol. The highest BCUT2D eigenvalue weighted by molar-refractivity contribution is 7.52. The Balaban J connectivity index is 1.90. The van der Waals surface area contributed by atoms with E-state index in [1.54, 1.807) is 0 Å². The first kappa shape index (κ1) is 32.8. The molecule has 1 aromatic rings. The van der Waals surface area contributed by atoms with Crippen LogP contribution in [0, 0.1) is 0 Å². The molecule has 2 unspecified atom stereocenters. The number of nitrogens with one attached hydrogen (secondary N) is 2. The molecule has 0 radical (unpaired) electrons. The number of hydrogen-bond acceptors (Lipinski definition) is 9. The molecule has 2 rings (SSSR count). The van der Waals surface area contributed by atoms with Crippen molar-refractivity contribution in [1.82, 2.24) is 14.9 Å². The molecule has 13 heteroatoms. The van der Waals surface area contributed by atoms with Gasteiger partial charge in [0.2, 0.25) is 5.91 Å². The zero-order valence-corrected chi connectivity index (χ0v) is 24.2. The van der Waals surface area contributed by atoms with Gasteiger partial charge in [-0.3, -0.25) is 28.5 Å². The molecule has 1 aliphatic heterocycles. The molecule has 0 saturated carbocycles. The van der Waals surface area contributed by atoms with Gasteiger partial charge in [-0.2, -0.15) is 0 Å². The average molecular weight is 572 g/mol. The number of H-pyrrole nitrogens is 1. The maximum absolute atomic E-state index is 12.5. The van der Waals surface area contributed by atoms with Crippen LogP contribution in [0.2, 0.25) is 0 Å². The van der Waals surface area contributed by atoms with E-state index in [2.05, 4.69) is 10.3 Å². The Bertz CT molecular complexity index is 1130. The van der Waals surface area contributed by atoms with Gasteiger partial charge in [-0.1, -0.05) is 26.2 Å². The van der Waals surface area contributed by atoms with E-state index in [0.29, 0.717) is 25.2 Å². The van der Waals surface area contributed by atoms with Crippen molar-refractivity contribution in [3.05, 3.63) is 38.7 Å². The Kier molecular flexibility index (Phi) is 14.0. The summed E-state index contributed by atoms with van der Waals surface area (Å²) < 4.78 is 35.1. The first-order valence-electron chi connectivity index (χ1n) is 13.4. The van der Waals surface area contributed by atoms with Crippen LogP contribution in [0.4, 0.5) is 0 Å². The molecule has 0 bridgehead atoms. The van der Waals surface area contributed by atoms with E-state index < -0.39 is 37.3 Å². The Morgan fingerprint density at radius 3 is 2.59 bits per heavy atom. The highest BCUT2D eigenvalue weighted by Crippen LogP contribution is 2.47. The number of methoxy groups -OCH3 is 1. The number of amides is 1. The van der Waals surface area contributed by atoms with Crippen LogP contribution in [0.15, 0.2) is 21.9 Å². The van der Waals surface area contributed by atoms with Gasteiger partial charge in [0.1, 0.15) is 18.1 Å². The number of Topliss-reactive ketones (excluding diaryl/α,β-unsaturated/α-hetero) is 1. The van der Waals surface area contributed by atoms with Crippen molar-refractivity contribution >= 4 is 25.4 Å². The van der Waals surface area contributed by atoms with E-state index in [4.69, 9.17) is 18.5 Å². The van der Waals surface area contributed by atoms with Gasteiger partial charge in [0, 0.05) is 59.0 Å². The number of aromatic amines is 1. The summed E-state index contributed by atoms with van der Waals surface area (Å²) in [6.07, 6.45) is 8.81. The molecule has 12 nitrogen and oxygen atoms in total. The molecule has 4 atom stereocenters. The molecular formula is C26H42N3O9P. The Morgan fingerprint density at radius 1 is 1.18 bits per heavy atom. The minimum Gasteiger partial charge on any atom is -0.382 e. The van der Waals surface area contributed by atoms with Crippen LogP contribution in [0.3, 0.4) is 0 Å². The van der Waals surface area contributed by atoms with Gasteiger partial charge >= 0.3 is 13.3 Å². The number of carbonyl (C=O) groups excluding carboxylic acids is 2. The Hall–Kier alpha value is -2.37. The van der Waals surface area contributed by atoms with Gasteiger partial charge in [0.15, 0.2) is 0 Å². The third kappa shape index (κ3) is 11.3. The predicted molar refractivity (Wildman–Crippen MR) is 147 cm³/mol. The first-order chi connectivity index (χ1) is 18.6. The van der Waals surface area contributed by atoms with Gasteiger partial charge in [-0.05, 0) is 25.3 Å². The molecule has 0 aromatic carbocycles. The maximum Gasteiger partial charge on any atom is 0.330 e. The molecule has 1 fully saturated rings. The largest absolute Gasteiger partial charge is 0.382 e. The summed E-state index contributed by atoms with van der Waals surface area (Å²) in [5.74, 6) is -0.0357. The second-order valence-corrected chi connectivity index (χ2v) is 11.7. The summed E-state index contributed by atoms with van der Waals surface area (Å²) >= 11 is 0. The van der Waals surface area contributed by atoms with E-state index in [0.717, 1.165) is 38.5 Å². The van der Waals surface area contributed by atoms with Crippen molar-refractivity contribution in [2.24, 2.45) is 0 Å². The molecule has 39 heavy (non-hydrogen) atoms. The lowest BCUT2D eigenvalue weighted by Crippen LogP contribution is -2.33. The molecule has 2 heterocycles. The summed E-state index contributed by atoms with van der Waals surface area (Å²) in [6.45, 7) is 3.97. The fourth-order valence-corrected chi connectivity index (χ4v) is 5.04. The molecule has 220 valence electrons. The van der Waals surface area contributed by atoms with E-state index >= 15 is 0 Å². The Labute approximate surface area is 229 Å². The molecule has 1 aromatic heterocycles. The minimum atomic E-state index is -3.33. The minimum absolute atomic E-state index is 0.0942. The first-order valence-corrected chi connectivity index (χ1v) is 15.4. The van der Waals surface area contributed by atoms with Crippen LogP contribution >= 0.6 is 7.60 Å². The number of rotatable bonds is 18. The van der Waals surface area contributed by atoms with Crippen LogP contribution in [0.25, 0.3) is 6.08 Å². The normalized spacial score (nSPS) is 20.8. The van der Waals surface area contributed by atoms with Crippen molar-refractivity contribution in [3.63, 3.8) is 0 Å². The number of carbonyl (C=O) groups is 2. The quantitative estimate of drug-likeness (QED) is 0.154. The second kappa shape index (κ2) is 16.7. The summed E-state index contributed by atoms with van der Waals surface area (Å²) in [5, 5.41) is 2.78. The van der Waals surface area contributed by atoms with Crippen molar-refractivity contribution in [3.8, 4) is 0 Å². The van der Waals surface area contributed by atoms with E-state index in [1.807, 2.05) is 6.92 Å². The third-order valence-electron chi connectivity index (χ3n) is 6.35. The number of nitrogens with zero attached hydrogens (tertiary/aromatic N) is 1. The summed E-state index contributed by atoms with van der Waals surface area (Å²) in [5.41, 5.74) is -1.24. The van der Waals surface area contributed by atoms with Crippen molar-refractivity contribution < 1.29 is 32.7 Å².